The molecule has 2 aromatic carbocycles. The molecule has 7 nitrogen and oxygen atoms in total. The van der Waals surface area contributed by atoms with E-state index in [1.807, 2.05) is 38.0 Å². The van der Waals surface area contributed by atoms with E-state index in [-0.39, 0.29) is 16.9 Å². The molecule has 0 spiro atoms. The first-order chi connectivity index (χ1) is 14.1. The fourth-order valence-electron chi connectivity index (χ4n) is 3.90. The molecular weight excluding hydrogens is 384 g/mol. The van der Waals surface area contributed by atoms with Crippen LogP contribution in [0.5, 0.6) is 0 Å². The highest BCUT2D eigenvalue weighted by Gasteiger charge is 2.34. The van der Waals surface area contributed by atoms with Crippen LogP contribution in [0.3, 0.4) is 0 Å². The zero-order chi connectivity index (χ0) is 22.2. The quantitative estimate of drug-likeness (QED) is 0.589. The Morgan fingerprint density at radius 3 is 2.03 bits per heavy atom. The predicted octanol–water partition coefficient (Wildman–Crippen LogP) is 2.50. The molecule has 0 amide bonds. The van der Waals surface area contributed by atoms with Gasteiger partial charge in [-0.2, -0.15) is 0 Å². The Morgan fingerprint density at radius 2 is 1.47 bits per heavy atom. The number of ketones is 1. The molecule has 7 heteroatoms. The van der Waals surface area contributed by atoms with Crippen molar-refractivity contribution >= 4 is 17.7 Å². The summed E-state index contributed by atoms with van der Waals surface area (Å²) < 4.78 is 0. The van der Waals surface area contributed by atoms with Crippen molar-refractivity contribution in [3.05, 3.63) is 57.6 Å². The van der Waals surface area contributed by atoms with Crippen LogP contribution >= 0.6 is 0 Å². The molecule has 0 aliphatic heterocycles. The molecule has 0 radical (unpaired) electrons. The minimum atomic E-state index is -1.10. The summed E-state index contributed by atoms with van der Waals surface area (Å²) in [5.74, 6) is -2.46. The Morgan fingerprint density at radius 1 is 0.833 bits per heavy atom. The first-order valence-electron chi connectivity index (χ1n) is 9.75. The van der Waals surface area contributed by atoms with Gasteiger partial charge in [-0.1, -0.05) is 6.07 Å². The van der Waals surface area contributed by atoms with Crippen molar-refractivity contribution in [2.24, 2.45) is 0 Å². The van der Waals surface area contributed by atoms with Gasteiger partial charge in [0.25, 0.3) is 0 Å². The van der Waals surface area contributed by atoms with Gasteiger partial charge in [-0.05, 0) is 81.5 Å². The number of hydrogen-bond acceptors (Lipinski definition) is 5. The van der Waals surface area contributed by atoms with Crippen LogP contribution in [0.4, 0.5) is 0 Å². The lowest BCUT2D eigenvalue weighted by Gasteiger charge is -2.19. The molecule has 0 saturated carbocycles. The van der Waals surface area contributed by atoms with Crippen molar-refractivity contribution in [1.29, 1.82) is 0 Å². The third-order valence-electron chi connectivity index (χ3n) is 5.39. The zero-order valence-corrected chi connectivity index (χ0v) is 17.7. The van der Waals surface area contributed by atoms with Gasteiger partial charge >= 0.3 is 11.9 Å². The molecule has 0 heterocycles. The standard InChI is InChI=1S/C23H26N2O5/c1-24(2)9-7-13-11-17-15-6-5-14(22(27)28)12-18(15)21(26)20(17)16(8-10-25(3)4)19(13)23(29)30/h5-6,11-12H,7-10H2,1-4H3,(H,27,28)(H,29,30). The Labute approximate surface area is 175 Å². The third kappa shape index (κ3) is 3.99. The second-order valence-corrected chi connectivity index (χ2v) is 8.12. The van der Waals surface area contributed by atoms with Crippen LogP contribution in [0.25, 0.3) is 11.1 Å². The SMILES string of the molecule is CN(C)CCc1cc2c(c(CCN(C)C)c1C(=O)O)C(=O)c1cc(C(=O)O)ccc1-2. The fourth-order valence-corrected chi connectivity index (χ4v) is 3.90. The number of carbonyl (C=O) groups excluding carboxylic acids is 1. The monoisotopic (exact) mass is 410 g/mol. The van der Waals surface area contributed by atoms with E-state index in [0.717, 1.165) is 0 Å². The van der Waals surface area contributed by atoms with Gasteiger partial charge in [0, 0.05) is 24.2 Å². The van der Waals surface area contributed by atoms with Crippen molar-refractivity contribution < 1.29 is 24.6 Å². The Hall–Kier alpha value is -3.03. The van der Waals surface area contributed by atoms with Gasteiger partial charge in [-0.3, -0.25) is 4.79 Å². The van der Waals surface area contributed by atoms with E-state index in [1.165, 1.54) is 12.1 Å². The van der Waals surface area contributed by atoms with Gasteiger partial charge in [0.15, 0.2) is 5.78 Å². The average Bonchev–Trinajstić information content (AvgIpc) is 2.95. The van der Waals surface area contributed by atoms with Crippen LogP contribution in [0.1, 0.15) is 47.8 Å². The molecule has 0 fully saturated rings. The number of carboxylic acids is 2. The first-order valence-corrected chi connectivity index (χ1v) is 9.75. The summed E-state index contributed by atoms with van der Waals surface area (Å²) in [6.45, 7) is 1.26. The van der Waals surface area contributed by atoms with Crippen molar-refractivity contribution in [3.8, 4) is 11.1 Å². The summed E-state index contributed by atoms with van der Waals surface area (Å²) in [6.07, 6.45) is 0.950. The van der Waals surface area contributed by atoms with Crippen LogP contribution in [0, 0.1) is 0 Å². The number of rotatable bonds is 8. The molecule has 0 saturated heterocycles. The zero-order valence-electron chi connectivity index (χ0n) is 17.7. The maximum absolute atomic E-state index is 13.3. The lowest BCUT2D eigenvalue weighted by Crippen LogP contribution is -2.21. The predicted molar refractivity (Wildman–Crippen MR) is 114 cm³/mol. The molecule has 0 bridgehead atoms. The smallest absolute Gasteiger partial charge is 0.336 e. The van der Waals surface area contributed by atoms with E-state index in [0.29, 0.717) is 59.3 Å². The maximum Gasteiger partial charge on any atom is 0.336 e. The molecule has 1 aliphatic carbocycles. The second-order valence-electron chi connectivity index (χ2n) is 8.12. The van der Waals surface area contributed by atoms with Crippen LogP contribution in [-0.2, 0) is 12.8 Å². The number of carbonyl (C=O) groups is 3. The van der Waals surface area contributed by atoms with E-state index in [1.54, 1.807) is 12.1 Å². The molecule has 0 unspecified atom stereocenters. The van der Waals surface area contributed by atoms with Crippen molar-refractivity contribution in [3.63, 3.8) is 0 Å². The molecule has 30 heavy (non-hydrogen) atoms. The lowest BCUT2D eigenvalue weighted by molar-refractivity contribution is 0.0684. The Kier molecular flexibility index (Phi) is 6.05. The number of aromatic carboxylic acids is 2. The lowest BCUT2D eigenvalue weighted by atomic mass is 9.88. The average molecular weight is 410 g/mol. The molecule has 3 rings (SSSR count). The van der Waals surface area contributed by atoms with Crippen molar-refractivity contribution in [2.45, 2.75) is 12.8 Å². The maximum atomic E-state index is 13.3. The van der Waals surface area contributed by atoms with Crippen LogP contribution in [0.15, 0.2) is 24.3 Å². The number of benzene rings is 2. The minimum Gasteiger partial charge on any atom is -0.478 e. The minimum absolute atomic E-state index is 0.0380. The number of likely N-dealkylation sites (N-methyl/N-ethyl adjacent to an activating group) is 2. The van der Waals surface area contributed by atoms with Crippen LogP contribution in [0.2, 0.25) is 0 Å². The summed E-state index contributed by atoms with van der Waals surface area (Å²) in [5, 5.41) is 19.3. The molecule has 0 atom stereocenters. The summed E-state index contributed by atoms with van der Waals surface area (Å²) >= 11 is 0. The Bertz CT molecular complexity index is 1040. The van der Waals surface area contributed by atoms with Crippen molar-refractivity contribution in [1.82, 2.24) is 9.80 Å². The third-order valence-corrected chi connectivity index (χ3v) is 5.39. The topological polar surface area (TPSA) is 98.2 Å². The molecule has 1 aliphatic rings. The van der Waals surface area contributed by atoms with Gasteiger partial charge < -0.3 is 20.0 Å². The first kappa shape index (κ1) is 21.7. The molecule has 158 valence electrons. The highest BCUT2D eigenvalue weighted by molar-refractivity contribution is 6.24. The number of fused-ring (bicyclic) bond motifs is 3. The van der Waals surface area contributed by atoms with Gasteiger partial charge in [-0.25, -0.2) is 9.59 Å². The van der Waals surface area contributed by atoms with Gasteiger partial charge in [0.1, 0.15) is 0 Å². The van der Waals surface area contributed by atoms with Crippen molar-refractivity contribution in [2.75, 3.05) is 41.3 Å². The molecule has 2 N–H and O–H groups in total. The highest BCUT2D eigenvalue weighted by atomic mass is 16.4. The van der Waals surface area contributed by atoms with Gasteiger partial charge in [0.05, 0.1) is 11.1 Å². The molecular formula is C23H26N2O5. The normalized spacial score (nSPS) is 12.4. The van der Waals surface area contributed by atoms with Gasteiger partial charge in [-0.15, -0.1) is 0 Å². The summed E-state index contributed by atoms with van der Waals surface area (Å²) in [6, 6.07) is 6.31. The van der Waals surface area contributed by atoms with E-state index in [4.69, 9.17) is 0 Å². The largest absolute Gasteiger partial charge is 0.478 e. The number of hydrogen-bond donors (Lipinski definition) is 2. The fraction of sp³-hybridized carbons (Fsp3) is 0.348. The van der Waals surface area contributed by atoms with E-state index in [2.05, 4.69) is 0 Å². The van der Waals surface area contributed by atoms with Crippen LogP contribution < -0.4 is 0 Å². The summed E-state index contributed by atoms with van der Waals surface area (Å²) in [5.41, 5.74) is 3.51. The molecule has 2 aromatic rings. The van der Waals surface area contributed by atoms with Crippen LogP contribution in [-0.4, -0.2) is 79.0 Å². The highest BCUT2D eigenvalue weighted by Crippen LogP contribution is 2.41. The second kappa shape index (κ2) is 8.38. The number of nitrogens with zero attached hydrogens (tertiary/aromatic N) is 2. The number of carboxylic acid groups (broad SMARTS) is 2. The van der Waals surface area contributed by atoms with E-state index >= 15 is 0 Å². The summed E-state index contributed by atoms with van der Waals surface area (Å²) in [4.78, 5) is 40.8. The molecule has 0 aromatic heterocycles. The summed E-state index contributed by atoms with van der Waals surface area (Å²) in [7, 11) is 7.64. The van der Waals surface area contributed by atoms with E-state index in [9.17, 15) is 24.6 Å². The Balaban J connectivity index is 2.26. The van der Waals surface area contributed by atoms with Gasteiger partial charge in [0.2, 0.25) is 0 Å². The van der Waals surface area contributed by atoms with E-state index < -0.39 is 11.9 Å².